The molecule has 1 aromatic carbocycles. The van der Waals surface area contributed by atoms with Gasteiger partial charge < -0.3 is 10.1 Å². The Morgan fingerprint density at radius 2 is 2.00 bits per heavy atom. The summed E-state index contributed by atoms with van der Waals surface area (Å²) in [7, 11) is -2.85. The zero-order valence-electron chi connectivity index (χ0n) is 12.8. The highest BCUT2D eigenvalue weighted by atomic mass is 32.2. The average Bonchev–Trinajstić information content (AvgIpc) is 2.81. The van der Waals surface area contributed by atoms with Gasteiger partial charge in [0.15, 0.2) is 9.84 Å². The summed E-state index contributed by atoms with van der Waals surface area (Å²) in [6, 6.07) is 8.12. The van der Waals surface area contributed by atoms with Crippen molar-refractivity contribution >= 4 is 9.84 Å². The highest BCUT2D eigenvalue weighted by Crippen LogP contribution is 2.32. The van der Waals surface area contributed by atoms with Crippen molar-refractivity contribution in [2.24, 2.45) is 5.92 Å². The molecule has 4 nitrogen and oxygen atoms in total. The van der Waals surface area contributed by atoms with E-state index in [1.807, 2.05) is 31.2 Å². The number of ether oxygens (including phenoxy) is 1. The van der Waals surface area contributed by atoms with E-state index in [1.54, 1.807) is 0 Å². The molecule has 1 aliphatic rings. The van der Waals surface area contributed by atoms with Crippen LogP contribution in [0.3, 0.4) is 0 Å². The third-order valence-corrected chi connectivity index (χ3v) is 5.70. The fourth-order valence-electron chi connectivity index (χ4n) is 2.88. The number of benzene rings is 1. The fourth-order valence-corrected chi connectivity index (χ4v) is 4.72. The summed E-state index contributed by atoms with van der Waals surface area (Å²) >= 11 is 0. The molecule has 1 aliphatic heterocycles. The molecule has 1 N–H and O–H groups in total. The number of hydrogen-bond donors (Lipinski definition) is 1. The van der Waals surface area contributed by atoms with Crippen LogP contribution in [-0.4, -0.2) is 33.1 Å². The van der Waals surface area contributed by atoms with Gasteiger partial charge in [0.25, 0.3) is 0 Å². The van der Waals surface area contributed by atoms with Gasteiger partial charge in [-0.3, -0.25) is 0 Å². The third-order valence-electron chi connectivity index (χ3n) is 3.90. The van der Waals surface area contributed by atoms with Crippen LogP contribution in [0.2, 0.25) is 0 Å². The third kappa shape index (κ3) is 4.45. The predicted molar refractivity (Wildman–Crippen MR) is 85.4 cm³/mol. The van der Waals surface area contributed by atoms with Crippen LogP contribution in [0.15, 0.2) is 24.3 Å². The summed E-state index contributed by atoms with van der Waals surface area (Å²) < 4.78 is 28.9. The van der Waals surface area contributed by atoms with E-state index < -0.39 is 9.84 Å². The Kier molecular flexibility index (Phi) is 5.65. The molecule has 1 aromatic rings. The van der Waals surface area contributed by atoms with Crippen molar-refractivity contribution in [2.45, 2.75) is 32.7 Å². The van der Waals surface area contributed by atoms with Gasteiger partial charge in [-0.2, -0.15) is 0 Å². The Hall–Kier alpha value is -1.07. The van der Waals surface area contributed by atoms with E-state index in [-0.39, 0.29) is 12.0 Å². The molecule has 1 saturated heterocycles. The standard InChI is InChI=1S/C16H25NO3S/c1-3-10-17-16(14-9-11-21(18,19)12-14)13-5-7-15(8-6-13)20-4-2/h5-8,14,16-17H,3-4,9-12H2,1-2H3. The highest BCUT2D eigenvalue weighted by molar-refractivity contribution is 7.91. The molecule has 1 heterocycles. The van der Waals surface area contributed by atoms with E-state index in [0.717, 1.165) is 30.7 Å². The summed E-state index contributed by atoms with van der Waals surface area (Å²) in [5, 5.41) is 3.51. The minimum atomic E-state index is -2.85. The Labute approximate surface area is 127 Å². The molecule has 0 saturated carbocycles. The van der Waals surface area contributed by atoms with Crippen LogP contribution in [0.1, 0.15) is 38.3 Å². The van der Waals surface area contributed by atoms with Gasteiger partial charge in [0.2, 0.25) is 0 Å². The zero-order valence-corrected chi connectivity index (χ0v) is 13.7. The maximum absolute atomic E-state index is 11.7. The first-order valence-corrected chi connectivity index (χ1v) is 9.54. The van der Waals surface area contributed by atoms with Crippen LogP contribution < -0.4 is 10.1 Å². The zero-order chi connectivity index (χ0) is 15.3. The molecule has 0 spiro atoms. The molecule has 2 rings (SSSR count). The van der Waals surface area contributed by atoms with Gasteiger partial charge in [-0.05, 0) is 49.9 Å². The predicted octanol–water partition coefficient (Wildman–Crippen LogP) is 2.56. The quantitative estimate of drug-likeness (QED) is 0.841. The molecule has 118 valence electrons. The molecular weight excluding hydrogens is 286 g/mol. The monoisotopic (exact) mass is 311 g/mol. The van der Waals surface area contributed by atoms with Gasteiger partial charge in [0, 0.05) is 6.04 Å². The lowest BCUT2D eigenvalue weighted by Crippen LogP contribution is -2.29. The van der Waals surface area contributed by atoms with Gasteiger partial charge in [0.05, 0.1) is 18.1 Å². The maximum atomic E-state index is 11.7. The molecule has 0 amide bonds. The minimum Gasteiger partial charge on any atom is -0.494 e. The Morgan fingerprint density at radius 3 is 2.52 bits per heavy atom. The molecule has 1 fully saturated rings. The van der Waals surface area contributed by atoms with E-state index >= 15 is 0 Å². The second-order valence-corrected chi connectivity index (χ2v) is 7.83. The molecular formula is C16H25NO3S. The fraction of sp³-hybridized carbons (Fsp3) is 0.625. The van der Waals surface area contributed by atoms with E-state index in [4.69, 9.17) is 4.74 Å². The number of hydrogen-bond acceptors (Lipinski definition) is 4. The van der Waals surface area contributed by atoms with Crippen molar-refractivity contribution in [3.63, 3.8) is 0 Å². The first-order valence-electron chi connectivity index (χ1n) is 7.72. The van der Waals surface area contributed by atoms with Crippen LogP contribution in [0.5, 0.6) is 5.75 Å². The van der Waals surface area contributed by atoms with Crippen molar-refractivity contribution in [3.05, 3.63) is 29.8 Å². The molecule has 2 atom stereocenters. The van der Waals surface area contributed by atoms with Crippen LogP contribution in [0.25, 0.3) is 0 Å². The van der Waals surface area contributed by atoms with Crippen molar-refractivity contribution < 1.29 is 13.2 Å². The molecule has 0 aromatic heterocycles. The Morgan fingerprint density at radius 1 is 1.29 bits per heavy atom. The highest BCUT2D eigenvalue weighted by Gasteiger charge is 2.34. The van der Waals surface area contributed by atoms with Crippen LogP contribution in [0.4, 0.5) is 0 Å². The van der Waals surface area contributed by atoms with Gasteiger partial charge in [-0.1, -0.05) is 19.1 Å². The first-order chi connectivity index (χ1) is 10.1. The minimum absolute atomic E-state index is 0.109. The summed E-state index contributed by atoms with van der Waals surface area (Å²) in [4.78, 5) is 0. The number of rotatable bonds is 7. The van der Waals surface area contributed by atoms with Gasteiger partial charge in [-0.25, -0.2) is 8.42 Å². The first kappa shape index (κ1) is 16.3. The molecule has 0 radical (unpaired) electrons. The second-order valence-electron chi connectivity index (χ2n) is 5.60. The van der Waals surface area contributed by atoms with Gasteiger partial charge in [0.1, 0.15) is 5.75 Å². The average molecular weight is 311 g/mol. The van der Waals surface area contributed by atoms with E-state index in [1.165, 1.54) is 0 Å². The van der Waals surface area contributed by atoms with Crippen molar-refractivity contribution in [2.75, 3.05) is 24.7 Å². The lowest BCUT2D eigenvalue weighted by atomic mass is 9.92. The molecule has 5 heteroatoms. The smallest absolute Gasteiger partial charge is 0.150 e. The molecule has 0 aliphatic carbocycles. The summed E-state index contributed by atoms with van der Waals surface area (Å²) in [5.41, 5.74) is 1.15. The number of sulfone groups is 1. The molecule has 2 unspecified atom stereocenters. The normalized spacial score (nSPS) is 22.1. The largest absolute Gasteiger partial charge is 0.494 e. The van der Waals surface area contributed by atoms with Crippen molar-refractivity contribution in [1.82, 2.24) is 5.32 Å². The van der Waals surface area contributed by atoms with Crippen LogP contribution in [-0.2, 0) is 9.84 Å². The van der Waals surface area contributed by atoms with Crippen LogP contribution in [0, 0.1) is 5.92 Å². The van der Waals surface area contributed by atoms with E-state index in [0.29, 0.717) is 18.1 Å². The summed E-state index contributed by atoms with van der Waals surface area (Å²) in [6.07, 6.45) is 1.78. The van der Waals surface area contributed by atoms with Gasteiger partial charge in [-0.15, -0.1) is 0 Å². The summed E-state index contributed by atoms with van der Waals surface area (Å²) in [6.45, 7) is 5.63. The Bertz CT molecular complexity index is 539. The van der Waals surface area contributed by atoms with Gasteiger partial charge >= 0.3 is 0 Å². The lowest BCUT2D eigenvalue weighted by molar-refractivity contribution is 0.339. The topological polar surface area (TPSA) is 55.4 Å². The van der Waals surface area contributed by atoms with Crippen LogP contribution >= 0.6 is 0 Å². The maximum Gasteiger partial charge on any atom is 0.150 e. The van der Waals surface area contributed by atoms with Crippen molar-refractivity contribution in [1.29, 1.82) is 0 Å². The molecule has 21 heavy (non-hydrogen) atoms. The lowest BCUT2D eigenvalue weighted by Gasteiger charge is -2.24. The molecule has 0 bridgehead atoms. The van der Waals surface area contributed by atoms with E-state index in [2.05, 4.69) is 12.2 Å². The van der Waals surface area contributed by atoms with E-state index in [9.17, 15) is 8.42 Å². The second kappa shape index (κ2) is 7.27. The summed E-state index contributed by atoms with van der Waals surface area (Å²) in [5.74, 6) is 1.63. The SMILES string of the molecule is CCCNC(c1ccc(OCC)cc1)C1CCS(=O)(=O)C1. The Balaban J connectivity index is 2.15. The van der Waals surface area contributed by atoms with Crippen molar-refractivity contribution in [3.8, 4) is 5.75 Å². The number of nitrogens with one attached hydrogen (secondary N) is 1.